The average Bonchev–Trinajstić information content (AvgIpc) is 2.11. The van der Waals surface area contributed by atoms with E-state index in [2.05, 4.69) is 5.32 Å². The van der Waals surface area contributed by atoms with Crippen molar-refractivity contribution in [3.05, 3.63) is 0 Å². The van der Waals surface area contributed by atoms with Gasteiger partial charge >= 0.3 is 0 Å². The Kier molecular flexibility index (Phi) is 6.17. The first-order valence-corrected chi connectivity index (χ1v) is 5.76. The Morgan fingerprint density at radius 3 is 2.50 bits per heavy atom. The average molecular weight is 220 g/mol. The number of alkyl halides is 1. The highest BCUT2D eigenvalue weighted by molar-refractivity contribution is 6.20. The van der Waals surface area contributed by atoms with Gasteiger partial charge in [0.2, 0.25) is 5.91 Å². The lowest BCUT2D eigenvalue weighted by Gasteiger charge is -2.21. The number of rotatable bonds is 6. The van der Waals surface area contributed by atoms with E-state index in [4.69, 9.17) is 11.6 Å². The molecular formula is C11H22ClNO. The molecule has 0 spiro atoms. The van der Waals surface area contributed by atoms with Crippen LogP contribution in [0.15, 0.2) is 0 Å². The molecule has 0 aromatic heterocycles. The van der Waals surface area contributed by atoms with Crippen LogP contribution < -0.4 is 5.32 Å². The molecule has 0 saturated carbocycles. The Bertz CT molecular complexity index is 178. The molecule has 1 N–H and O–H groups in total. The Labute approximate surface area is 92.4 Å². The van der Waals surface area contributed by atoms with E-state index in [1.54, 1.807) is 0 Å². The Morgan fingerprint density at radius 2 is 2.07 bits per heavy atom. The summed E-state index contributed by atoms with van der Waals surface area (Å²) in [5.74, 6) is 0.141. The number of carbonyl (C=O) groups is 1. The van der Waals surface area contributed by atoms with Crippen molar-refractivity contribution >= 4 is 17.5 Å². The van der Waals surface area contributed by atoms with Gasteiger partial charge in [0.05, 0.1) is 0 Å². The molecule has 0 aromatic carbocycles. The molecule has 0 aliphatic carbocycles. The van der Waals surface area contributed by atoms with Gasteiger partial charge in [0.25, 0.3) is 0 Å². The highest BCUT2D eigenvalue weighted by Crippen LogP contribution is 2.19. The predicted octanol–water partition coefficient (Wildman–Crippen LogP) is 2.95. The zero-order valence-corrected chi connectivity index (χ0v) is 10.4. The zero-order chi connectivity index (χ0) is 11.2. The number of carbonyl (C=O) groups excluding carboxylic acids is 1. The normalized spacial score (nSPS) is 13.8. The third-order valence-electron chi connectivity index (χ3n) is 2.56. The van der Waals surface area contributed by atoms with Crippen LogP contribution in [-0.4, -0.2) is 17.8 Å². The van der Waals surface area contributed by atoms with Crippen LogP contribution in [0.2, 0.25) is 0 Å². The summed E-state index contributed by atoms with van der Waals surface area (Å²) in [6.07, 6.45) is 2.77. The smallest absolute Gasteiger partial charge is 0.225 e. The predicted molar refractivity (Wildman–Crippen MR) is 61.6 cm³/mol. The van der Waals surface area contributed by atoms with Crippen molar-refractivity contribution in [3.63, 3.8) is 0 Å². The second-order valence-corrected chi connectivity index (χ2v) is 5.16. The maximum absolute atomic E-state index is 11.6. The molecule has 84 valence electrons. The van der Waals surface area contributed by atoms with Gasteiger partial charge in [-0.3, -0.25) is 4.79 Å². The molecule has 0 rings (SSSR count). The van der Waals surface area contributed by atoms with Gasteiger partial charge in [0.15, 0.2) is 0 Å². The maximum atomic E-state index is 11.6. The fourth-order valence-corrected chi connectivity index (χ4v) is 1.14. The Balaban J connectivity index is 3.64. The summed E-state index contributed by atoms with van der Waals surface area (Å²) in [7, 11) is 0. The molecule has 0 aliphatic rings. The standard InChI is InChI=1S/C11H22ClNO/c1-5-11(3,4)10(14)13-8-6-7-9(2)12/h9H,5-8H2,1-4H3,(H,13,14). The van der Waals surface area contributed by atoms with Crippen molar-refractivity contribution in [1.29, 1.82) is 0 Å². The van der Waals surface area contributed by atoms with E-state index in [1.807, 2.05) is 27.7 Å². The molecule has 0 saturated heterocycles. The Morgan fingerprint density at radius 1 is 1.50 bits per heavy atom. The van der Waals surface area contributed by atoms with Gasteiger partial charge in [0.1, 0.15) is 0 Å². The first-order valence-electron chi connectivity index (χ1n) is 5.32. The number of halogens is 1. The number of amides is 1. The molecule has 2 nitrogen and oxygen atoms in total. The van der Waals surface area contributed by atoms with E-state index in [-0.39, 0.29) is 16.7 Å². The van der Waals surface area contributed by atoms with Crippen LogP contribution in [0.4, 0.5) is 0 Å². The summed E-state index contributed by atoms with van der Waals surface area (Å²) in [6.45, 7) is 8.66. The monoisotopic (exact) mass is 219 g/mol. The van der Waals surface area contributed by atoms with Crippen LogP contribution in [0.1, 0.15) is 47.0 Å². The summed E-state index contributed by atoms with van der Waals surface area (Å²) >= 11 is 5.80. The zero-order valence-electron chi connectivity index (χ0n) is 9.69. The minimum atomic E-state index is -0.243. The van der Waals surface area contributed by atoms with Crippen molar-refractivity contribution in [2.24, 2.45) is 5.41 Å². The molecule has 0 aliphatic heterocycles. The van der Waals surface area contributed by atoms with E-state index in [9.17, 15) is 4.79 Å². The van der Waals surface area contributed by atoms with E-state index in [0.29, 0.717) is 0 Å². The van der Waals surface area contributed by atoms with Crippen molar-refractivity contribution in [1.82, 2.24) is 5.32 Å². The first-order chi connectivity index (χ1) is 6.40. The fourth-order valence-electron chi connectivity index (χ4n) is 0.985. The van der Waals surface area contributed by atoms with Crippen LogP contribution in [0, 0.1) is 5.41 Å². The van der Waals surface area contributed by atoms with Crippen LogP contribution in [0.3, 0.4) is 0 Å². The van der Waals surface area contributed by atoms with Crippen LogP contribution >= 0.6 is 11.6 Å². The van der Waals surface area contributed by atoms with Crippen molar-refractivity contribution in [2.75, 3.05) is 6.54 Å². The summed E-state index contributed by atoms with van der Waals surface area (Å²) in [5.41, 5.74) is -0.243. The number of hydrogen-bond acceptors (Lipinski definition) is 1. The minimum Gasteiger partial charge on any atom is -0.356 e. The van der Waals surface area contributed by atoms with E-state index >= 15 is 0 Å². The lowest BCUT2D eigenvalue weighted by atomic mass is 9.89. The molecule has 1 amide bonds. The van der Waals surface area contributed by atoms with Crippen LogP contribution in [0.25, 0.3) is 0 Å². The second kappa shape index (κ2) is 6.28. The van der Waals surface area contributed by atoms with Gasteiger partial charge in [-0.25, -0.2) is 0 Å². The quantitative estimate of drug-likeness (QED) is 0.540. The highest BCUT2D eigenvalue weighted by atomic mass is 35.5. The van der Waals surface area contributed by atoms with Gasteiger partial charge in [-0.05, 0) is 26.2 Å². The van der Waals surface area contributed by atoms with Crippen molar-refractivity contribution in [3.8, 4) is 0 Å². The van der Waals surface area contributed by atoms with E-state index in [1.165, 1.54) is 0 Å². The molecule has 14 heavy (non-hydrogen) atoms. The molecule has 1 atom stereocenters. The number of hydrogen-bond donors (Lipinski definition) is 1. The molecule has 1 unspecified atom stereocenters. The lowest BCUT2D eigenvalue weighted by molar-refractivity contribution is -0.129. The largest absolute Gasteiger partial charge is 0.356 e. The van der Waals surface area contributed by atoms with Gasteiger partial charge in [-0.15, -0.1) is 11.6 Å². The van der Waals surface area contributed by atoms with E-state index in [0.717, 1.165) is 25.8 Å². The summed E-state index contributed by atoms with van der Waals surface area (Å²) in [4.78, 5) is 11.6. The topological polar surface area (TPSA) is 29.1 Å². The molecular weight excluding hydrogens is 198 g/mol. The van der Waals surface area contributed by atoms with Gasteiger partial charge in [-0.2, -0.15) is 0 Å². The summed E-state index contributed by atoms with van der Waals surface area (Å²) in [6, 6.07) is 0. The Hall–Kier alpha value is -0.240. The lowest BCUT2D eigenvalue weighted by Crippen LogP contribution is -2.37. The second-order valence-electron chi connectivity index (χ2n) is 4.42. The SMILES string of the molecule is CCC(C)(C)C(=O)NCCCC(C)Cl. The molecule has 0 aromatic rings. The van der Waals surface area contributed by atoms with Gasteiger partial charge in [-0.1, -0.05) is 20.8 Å². The summed E-state index contributed by atoms with van der Waals surface area (Å²) in [5, 5.41) is 3.13. The maximum Gasteiger partial charge on any atom is 0.225 e. The van der Waals surface area contributed by atoms with Crippen molar-refractivity contribution in [2.45, 2.75) is 52.3 Å². The van der Waals surface area contributed by atoms with Gasteiger partial charge < -0.3 is 5.32 Å². The number of nitrogens with one attached hydrogen (secondary N) is 1. The molecule has 0 radical (unpaired) electrons. The highest BCUT2D eigenvalue weighted by Gasteiger charge is 2.24. The minimum absolute atomic E-state index is 0.141. The molecule has 0 heterocycles. The summed E-state index contributed by atoms with van der Waals surface area (Å²) < 4.78 is 0. The van der Waals surface area contributed by atoms with E-state index < -0.39 is 0 Å². The third-order valence-corrected chi connectivity index (χ3v) is 2.78. The molecule has 0 bridgehead atoms. The fraction of sp³-hybridized carbons (Fsp3) is 0.909. The van der Waals surface area contributed by atoms with Crippen LogP contribution in [-0.2, 0) is 4.79 Å². The molecule has 0 fully saturated rings. The first kappa shape index (κ1) is 13.8. The van der Waals surface area contributed by atoms with Crippen molar-refractivity contribution < 1.29 is 4.79 Å². The molecule has 3 heteroatoms. The van der Waals surface area contributed by atoms with Gasteiger partial charge in [0, 0.05) is 17.3 Å². The van der Waals surface area contributed by atoms with Crippen LogP contribution in [0.5, 0.6) is 0 Å². The third kappa shape index (κ3) is 5.48.